The second-order valence-corrected chi connectivity index (χ2v) is 9.76. The highest BCUT2D eigenvalue weighted by Crippen LogP contribution is 2.26. The van der Waals surface area contributed by atoms with E-state index in [1.807, 2.05) is 60.0 Å². The molecule has 6 nitrogen and oxygen atoms in total. The minimum atomic E-state index is -0.0454. The number of piperidine rings is 1. The van der Waals surface area contributed by atoms with Crippen LogP contribution in [0.3, 0.4) is 0 Å². The number of anilines is 1. The number of rotatable bonds is 6. The molecule has 0 bridgehead atoms. The fourth-order valence-electron chi connectivity index (χ4n) is 4.56. The molecule has 0 spiro atoms. The summed E-state index contributed by atoms with van der Waals surface area (Å²) in [6.07, 6.45) is 1.47. The Balaban J connectivity index is 1.30. The Hall–Kier alpha value is -3.45. The molecule has 34 heavy (non-hydrogen) atoms. The highest BCUT2D eigenvalue weighted by atomic mass is 32.1. The van der Waals surface area contributed by atoms with Crippen LogP contribution in [0.2, 0.25) is 0 Å². The van der Waals surface area contributed by atoms with E-state index in [0.717, 1.165) is 24.0 Å². The number of benzene rings is 2. The van der Waals surface area contributed by atoms with Crippen molar-refractivity contribution in [3.05, 3.63) is 88.0 Å². The van der Waals surface area contributed by atoms with Crippen molar-refractivity contribution in [3.63, 3.8) is 0 Å². The number of nitrogens with zero attached hydrogens (tertiary/aromatic N) is 3. The first-order chi connectivity index (χ1) is 16.6. The summed E-state index contributed by atoms with van der Waals surface area (Å²) in [6.45, 7) is 4.13. The largest absolute Gasteiger partial charge is 0.355 e. The third kappa shape index (κ3) is 4.48. The zero-order chi connectivity index (χ0) is 23.5. The third-order valence-corrected chi connectivity index (χ3v) is 7.47. The summed E-state index contributed by atoms with van der Waals surface area (Å²) in [7, 11) is 0. The highest BCUT2D eigenvalue weighted by molar-refractivity contribution is 7.17. The lowest BCUT2D eigenvalue weighted by molar-refractivity contribution is -0.125. The molecule has 1 N–H and O–H groups in total. The van der Waals surface area contributed by atoms with Gasteiger partial charge in [0.15, 0.2) is 0 Å². The molecule has 1 amide bonds. The molecule has 174 valence electrons. The quantitative estimate of drug-likeness (QED) is 0.446. The van der Waals surface area contributed by atoms with Crippen molar-refractivity contribution in [2.24, 2.45) is 5.92 Å². The first-order valence-electron chi connectivity index (χ1n) is 11.7. The minimum Gasteiger partial charge on any atom is -0.355 e. The van der Waals surface area contributed by atoms with Gasteiger partial charge in [-0.15, -0.1) is 11.3 Å². The van der Waals surface area contributed by atoms with Gasteiger partial charge in [0.25, 0.3) is 5.56 Å². The topological polar surface area (TPSA) is 67.2 Å². The van der Waals surface area contributed by atoms with Crippen molar-refractivity contribution < 1.29 is 4.79 Å². The predicted molar refractivity (Wildman–Crippen MR) is 138 cm³/mol. The number of thiophene rings is 1. The first kappa shape index (κ1) is 22.3. The fourth-order valence-corrected chi connectivity index (χ4v) is 5.32. The molecule has 7 heteroatoms. The van der Waals surface area contributed by atoms with Crippen LogP contribution < -0.4 is 15.8 Å². The summed E-state index contributed by atoms with van der Waals surface area (Å²) in [4.78, 5) is 33.2. The van der Waals surface area contributed by atoms with Crippen LogP contribution in [-0.4, -0.2) is 35.1 Å². The average Bonchev–Trinajstić information content (AvgIpc) is 3.37. The van der Waals surface area contributed by atoms with E-state index in [4.69, 9.17) is 4.98 Å². The lowest BCUT2D eigenvalue weighted by atomic mass is 9.95. The zero-order valence-corrected chi connectivity index (χ0v) is 20.0. The van der Waals surface area contributed by atoms with Gasteiger partial charge in [-0.1, -0.05) is 55.5 Å². The van der Waals surface area contributed by atoms with E-state index in [2.05, 4.69) is 29.3 Å². The van der Waals surface area contributed by atoms with Gasteiger partial charge in [-0.2, -0.15) is 0 Å². The van der Waals surface area contributed by atoms with Gasteiger partial charge in [-0.05, 0) is 47.9 Å². The van der Waals surface area contributed by atoms with E-state index >= 15 is 0 Å². The molecular weight excluding hydrogens is 444 g/mol. The van der Waals surface area contributed by atoms with Crippen LogP contribution in [0.4, 0.5) is 5.95 Å². The number of amides is 1. The number of hydrogen-bond donors (Lipinski definition) is 1. The Kier molecular flexibility index (Phi) is 6.45. The zero-order valence-electron chi connectivity index (χ0n) is 19.2. The summed E-state index contributed by atoms with van der Waals surface area (Å²) < 4.78 is 2.37. The molecular formula is C27H28N4O2S. The highest BCUT2D eigenvalue weighted by Gasteiger charge is 2.28. The molecule has 1 saturated heterocycles. The molecule has 1 atom stereocenters. The van der Waals surface area contributed by atoms with Crippen LogP contribution in [0, 0.1) is 5.92 Å². The number of hydrogen-bond acceptors (Lipinski definition) is 5. The fraction of sp³-hybridized carbons (Fsp3) is 0.296. The average molecular weight is 473 g/mol. The van der Waals surface area contributed by atoms with Gasteiger partial charge in [0, 0.05) is 25.6 Å². The summed E-state index contributed by atoms with van der Waals surface area (Å²) in [6, 6.07) is 21.8. The van der Waals surface area contributed by atoms with E-state index in [-0.39, 0.29) is 23.3 Å². The minimum absolute atomic E-state index is 0.0269. The van der Waals surface area contributed by atoms with E-state index in [1.165, 1.54) is 16.9 Å². The van der Waals surface area contributed by atoms with Crippen LogP contribution >= 0.6 is 11.3 Å². The van der Waals surface area contributed by atoms with Gasteiger partial charge < -0.3 is 10.2 Å². The Bertz CT molecular complexity index is 1330. The predicted octanol–water partition coefficient (Wildman–Crippen LogP) is 4.58. The maximum absolute atomic E-state index is 13.3. The molecule has 4 aromatic rings. The summed E-state index contributed by atoms with van der Waals surface area (Å²) in [5.41, 5.74) is 2.72. The molecule has 5 rings (SSSR count). The van der Waals surface area contributed by atoms with Crippen molar-refractivity contribution >= 4 is 33.4 Å². The standard InChI is InChI=1S/C27H28N4O2S/c1-19(20-8-4-2-5-9-20)18-28-25(32)21-12-15-30(16-13-21)27-29-23-14-17-34-24(23)26(33)31(27)22-10-6-3-7-11-22/h2-11,14,17,19,21H,12-13,15-16,18H2,1H3,(H,28,32). The molecule has 1 aliphatic rings. The SMILES string of the molecule is CC(CNC(=O)C1CCN(c2nc3ccsc3c(=O)n2-c2ccccc2)CC1)c1ccccc1. The first-order valence-corrected chi connectivity index (χ1v) is 12.6. The number of carbonyl (C=O) groups excluding carboxylic acids is 1. The second kappa shape index (κ2) is 9.81. The molecule has 3 heterocycles. The number of para-hydroxylation sites is 1. The van der Waals surface area contributed by atoms with Gasteiger partial charge >= 0.3 is 0 Å². The summed E-state index contributed by atoms with van der Waals surface area (Å²) >= 11 is 1.42. The summed E-state index contributed by atoms with van der Waals surface area (Å²) in [5.74, 6) is 1.01. The molecule has 1 fully saturated rings. The van der Waals surface area contributed by atoms with Crippen LogP contribution in [0.5, 0.6) is 0 Å². The summed E-state index contributed by atoms with van der Waals surface area (Å²) in [5, 5.41) is 5.05. The Morgan fingerprint density at radius 3 is 2.44 bits per heavy atom. The van der Waals surface area contributed by atoms with Crippen LogP contribution in [0.1, 0.15) is 31.2 Å². The van der Waals surface area contributed by atoms with E-state index in [1.54, 1.807) is 4.57 Å². The van der Waals surface area contributed by atoms with Gasteiger partial charge in [0.2, 0.25) is 11.9 Å². The maximum atomic E-state index is 13.3. The van der Waals surface area contributed by atoms with Gasteiger partial charge in [0.05, 0.1) is 11.2 Å². The smallest absolute Gasteiger partial charge is 0.277 e. The number of carbonyl (C=O) groups is 1. The Morgan fingerprint density at radius 2 is 1.74 bits per heavy atom. The van der Waals surface area contributed by atoms with Crippen molar-refractivity contribution in [3.8, 4) is 5.69 Å². The van der Waals surface area contributed by atoms with E-state index in [0.29, 0.717) is 30.3 Å². The lowest BCUT2D eigenvalue weighted by Crippen LogP contribution is -2.43. The number of aromatic nitrogens is 2. The van der Waals surface area contributed by atoms with E-state index in [9.17, 15) is 9.59 Å². The van der Waals surface area contributed by atoms with Crippen molar-refractivity contribution in [2.45, 2.75) is 25.7 Å². The Labute approximate surface area is 202 Å². The maximum Gasteiger partial charge on any atom is 0.277 e. The molecule has 2 aromatic carbocycles. The molecule has 1 aliphatic heterocycles. The van der Waals surface area contributed by atoms with Crippen LogP contribution in [0.15, 0.2) is 76.9 Å². The molecule has 0 aliphatic carbocycles. The van der Waals surface area contributed by atoms with Crippen molar-refractivity contribution in [2.75, 3.05) is 24.5 Å². The molecule has 0 saturated carbocycles. The van der Waals surface area contributed by atoms with Crippen LogP contribution in [0.25, 0.3) is 15.9 Å². The van der Waals surface area contributed by atoms with Gasteiger partial charge in [0.1, 0.15) is 4.70 Å². The number of nitrogens with one attached hydrogen (secondary N) is 1. The van der Waals surface area contributed by atoms with Crippen molar-refractivity contribution in [1.29, 1.82) is 0 Å². The van der Waals surface area contributed by atoms with Crippen LogP contribution in [-0.2, 0) is 4.79 Å². The monoisotopic (exact) mass is 472 g/mol. The third-order valence-electron chi connectivity index (χ3n) is 6.58. The van der Waals surface area contributed by atoms with Gasteiger partial charge in [-0.25, -0.2) is 9.55 Å². The van der Waals surface area contributed by atoms with E-state index < -0.39 is 0 Å². The van der Waals surface area contributed by atoms with Crippen molar-refractivity contribution in [1.82, 2.24) is 14.9 Å². The molecule has 1 unspecified atom stereocenters. The normalized spacial score (nSPS) is 15.4. The Morgan fingerprint density at radius 1 is 1.06 bits per heavy atom. The second-order valence-electron chi connectivity index (χ2n) is 8.84. The molecule has 0 radical (unpaired) electrons. The van der Waals surface area contributed by atoms with Gasteiger partial charge in [-0.3, -0.25) is 9.59 Å². The lowest BCUT2D eigenvalue weighted by Gasteiger charge is -2.33. The number of fused-ring (bicyclic) bond motifs is 1. The molecule has 2 aromatic heterocycles.